The lowest BCUT2D eigenvalue weighted by molar-refractivity contribution is -0.149. The molecule has 0 spiro atoms. The quantitative estimate of drug-likeness (QED) is 0.260. The van der Waals surface area contributed by atoms with Crippen molar-refractivity contribution < 1.29 is 33.6 Å². The molecule has 0 radical (unpaired) electrons. The number of fused-ring (bicyclic) bond motifs is 1. The van der Waals surface area contributed by atoms with Gasteiger partial charge in [0, 0.05) is 17.5 Å². The van der Waals surface area contributed by atoms with E-state index in [4.69, 9.17) is 18.9 Å². The molecule has 3 rings (SSSR count). The van der Waals surface area contributed by atoms with Gasteiger partial charge < -0.3 is 24.1 Å². The highest BCUT2D eigenvalue weighted by Crippen LogP contribution is 2.39. The van der Waals surface area contributed by atoms with Crippen molar-refractivity contribution in [1.82, 2.24) is 0 Å². The van der Waals surface area contributed by atoms with Crippen LogP contribution in [0.15, 0.2) is 24.3 Å². The van der Waals surface area contributed by atoms with Gasteiger partial charge in [-0.1, -0.05) is 33.3 Å². The summed E-state index contributed by atoms with van der Waals surface area (Å²) in [6, 6.07) is 7.32. The molecule has 1 heterocycles. The van der Waals surface area contributed by atoms with Crippen LogP contribution in [0.3, 0.4) is 0 Å². The number of Topliss-reactive ketones (excluding diaryl/α,β-unsaturated/α-hetero) is 1. The number of esters is 1. The number of phenols is 1. The van der Waals surface area contributed by atoms with Gasteiger partial charge >= 0.3 is 5.97 Å². The number of ketones is 1. The molecule has 35 heavy (non-hydrogen) atoms. The van der Waals surface area contributed by atoms with Crippen LogP contribution in [0.5, 0.6) is 23.0 Å². The monoisotopic (exact) mass is 484 g/mol. The van der Waals surface area contributed by atoms with Gasteiger partial charge in [0.05, 0.1) is 25.9 Å². The zero-order valence-corrected chi connectivity index (χ0v) is 21.3. The summed E-state index contributed by atoms with van der Waals surface area (Å²) in [6.45, 7) is 8.26. The Hall–Kier alpha value is -3.22. The fourth-order valence-corrected chi connectivity index (χ4v) is 4.39. The van der Waals surface area contributed by atoms with Crippen molar-refractivity contribution in [1.29, 1.82) is 0 Å². The number of hydrogen-bond donors (Lipinski definition) is 1. The summed E-state index contributed by atoms with van der Waals surface area (Å²) in [7, 11) is 1.37. The number of ether oxygens (including phenoxy) is 4. The first-order valence-electron chi connectivity index (χ1n) is 12.3. The average molecular weight is 485 g/mol. The second kappa shape index (κ2) is 12.0. The Morgan fingerprint density at radius 2 is 1.80 bits per heavy atom. The highest BCUT2D eigenvalue weighted by atomic mass is 16.6. The number of hydrogen-bond acceptors (Lipinski definition) is 7. The molecule has 1 aliphatic heterocycles. The van der Waals surface area contributed by atoms with Crippen LogP contribution in [0.2, 0.25) is 0 Å². The van der Waals surface area contributed by atoms with Crippen LogP contribution >= 0.6 is 0 Å². The number of aromatic hydroxyl groups is 1. The number of methoxy groups -OCH3 is 1. The number of aryl methyl sites for hydroxylation is 1. The van der Waals surface area contributed by atoms with Crippen LogP contribution in [-0.2, 0) is 22.4 Å². The minimum atomic E-state index is -0.590. The predicted molar refractivity (Wildman–Crippen MR) is 133 cm³/mol. The normalized spacial score (nSPS) is 14.7. The number of phenolic OH excluding ortho intramolecular Hbond substituents is 1. The Morgan fingerprint density at radius 1 is 1.11 bits per heavy atom. The molecule has 2 aromatic rings. The summed E-state index contributed by atoms with van der Waals surface area (Å²) in [5.74, 6) is 1.52. The minimum Gasteiger partial charge on any atom is -0.507 e. The summed E-state index contributed by atoms with van der Waals surface area (Å²) in [6.07, 6.45) is 3.09. The van der Waals surface area contributed by atoms with E-state index in [0.29, 0.717) is 42.9 Å². The van der Waals surface area contributed by atoms with E-state index in [1.54, 1.807) is 12.1 Å². The van der Waals surface area contributed by atoms with Crippen LogP contribution in [0.1, 0.15) is 79.9 Å². The Balaban J connectivity index is 1.65. The largest absolute Gasteiger partial charge is 0.507 e. The fourth-order valence-electron chi connectivity index (χ4n) is 4.39. The lowest BCUT2D eigenvalue weighted by atomic mass is 9.96. The molecule has 0 saturated heterocycles. The molecule has 0 bridgehead atoms. The average Bonchev–Trinajstić information content (AvgIpc) is 2.83. The molecule has 1 N–H and O–H groups in total. The van der Waals surface area contributed by atoms with Crippen LogP contribution in [-0.4, -0.2) is 43.3 Å². The maximum atomic E-state index is 12.0. The first-order chi connectivity index (χ1) is 16.8. The van der Waals surface area contributed by atoms with Gasteiger partial charge in [-0.15, -0.1) is 0 Å². The van der Waals surface area contributed by atoms with Crippen molar-refractivity contribution in [3.8, 4) is 23.0 Å². The highest BCUT2D eigenvalue weighted by Gasteiger charge is 2.29. The number of carbonyl (C=O) groups excluding carboxylic acids is 2. The van der Waals surface area contributed by atoms with E-state index in [1.165, 1.54) is 14.0 Å². The summed E-state index contributed by atoms with van der Waals surface area (Å²) in [5, 5.41) is 10.5. The first kappa shape index (κ1) is 26.4. The second-order valence-corrected chi connectivity index (χ2v) is 9.08. The van der Waals surface area contributed by atoms with Crippen molar-refractivity contribution >= 4 is 11.8 Å². The van der Waals surface area contributed by atoms with E-state index in [1.807, 2.05) is 26.0 Å². The van der Waals surface area contributed by atoms with E-state index < -0.39 is 6.10 Å². The zero-order valence-electron chi connectivity index (χ0n) is 21.3. The van der Waals surface area contributed by atoms with Gasteiger partial charge in [0.2, 0.25) is 0 Å². The van der Waals surface area contributed by atoms with Crippen molar-refractivity contribution in [2.45, 2.75) is 71.8 Å². The van der Waals surface area contributed by atoms with Crippen molar-refractivity contribution in [3.05, 3.63) is 46.5 Å². The van der Waals surface area contributed by atoms with Gasteiger partial charge in [-0.05, 0) is 55.9 Å². The highest BCUT2D eigenvalue weighted by molar-refractivity contribution is 5.97. The Kier molecular flexibility index (Phi) is 9.01. The molecule has 190 valence electrons. The third kappa shape index (κ3) is 6.08. The van der Waals surface area contributed by atoms with Gasteiger partial charge in [-0.2, -0.15) is 0 Å². The summed E-state index contributed by atoms with van der Waals surface area (Å²) >= 11 is 0. The number of rotatable bonds is 11. The molecule has 2 aromatic carbocycles. The van der Waals surface area contributed by atoms with Gasteiger partial charge in [0.1, 0.15) is 23.0 Å². The molecule has 7 heteroatoms. The van der Waals surface area contributed by atoms with Crippen molar-refractivity contribution in [2.75, 3.05) is 20.3 Å². The number of carbonyl (C=O) groups is 2. The summed E-state index contributed by atoms with van der Waals surface area (Å²) < 4.78 is 23.0. The van der Waals surface area contributed by atoms with Gasteiger partial charge in [-0.3, -0.25) is 4.79 Å². The maximum Gasteiger partial charge on any atom is 0.347 e. The van der Waals surface area contributed by atoms with Crippen LogP contribution in [0.4, 0.5) is 0 Å². The molecule has 1 aliphatic rings. The fraction of sp³-hybridized carbons (Fsp3) is 0.500. The molecular weight excluding hydrogens is 448 g/mol. The van der Waals surface area contributed by atoms with Crippen LogP contribution in [0.25, 0.3) is 0 Å². The molecule has 7 nitrogen and oxygen atoms in total. The molecule has 0 amide bonds. The van der Waals surface area contributed by atoms with Crippen molar-refractivity contribution in [2.24, 2.45) is 0 Å². The standard InChI is InChI=1S/C28H36O7/c1-6-8-21-22(12-9-19-10-13-24(28(31)32-5)35-27(19)21)33-15-7-16-34-23-14-11-20(18(4)29)26(30)25(23)17(2)3/h9,11-12,14,17,24,30H,6-8,10,13,15-16H2,1-5H3. The van der Waals surface area contributed by atoms with E-state index in [9.17, 15) is 14.7 Å². The van der Waals surface area contributed by atoms with E-state index in [-0.39, 0.29) is 23.4 Å². The first-order valence-corrected chi connectivity index (χ1v) is 12.3. The van der Waals surface area contributed by atoms with Gasteiger partial charge in [-0.25, -0.2) is 4.79 Å². The Bertz CT molecular complexity index is 1060. The van der Waals surface area contributed by atoms with Crippen LogP contribution in [0, 0.1) is 0 Å². The van der Waals surface area contributed by atoms with Gasteiger partial charge in [0.15, 0.2) is 11.9 Å². The van der Waals surface area contributed by atoms with Gasteiger partial charge in [0.25, 0.3) is 0 Å². The molecule has 0 aromatic heterocycles. The molecule has 0 saturated carbocycles. The molecule has 0 fully saturated rings. The topological polar surface area (TPSA) is 91.3 Å². The molecule has 1 atom stereocenters. The van der Waals surface area contributed by atoms with E-state index in [2.05, 4.69) is 6.92 Å². The smallest absolute Gasteiger partial charge is 0.347 e. The second-order valence-electron chi connectivity index (χ2n) is 9.08. The summed E-state index contributed by atoms with van der Waals surface area (Å²) in [5.41, 5.74) is 3.00. The van der Waals surface area contributed by atoms with E-state index >= 15 is 0 Å². The molecule has 1 unspecified atom stereocenters. The third-order valence-electron chi connectivity index (χ3n) is 6.14. The van der Waals surface area contributed by atoms with Crippen molar-refractivity contribution in [3.63, 3.8) is 0 Å². The SMILES string of the molecule is CCCc1c(OCCCOc2ccc(C(C)=O)c(O)c2C(C)C)ccc2c1OC(C(=O)OC)CC2. The predicted octanol–water partition coefficient (Wildman–Crippen LogP) is 5.39. The molecule has 0 aliphatic carbocycles. The minimum absolute atomic E-state index is 0.00135. The Labute approximate surface area is 207 Å². The summed E-state index contributed by atoms with van der Waals surface area (Å²) in [4.78, 5) is 23.8. The Morgan fingerprint density at radius 3 is 2.43 bits per heavy atom. The molecular formula is C28H36O7. The zero-order chi connectivity index (χ0) is 25.5. The van der Waals surface area contributed by atoms with E-state index in [0.717, 1.165) is 41.9 Å². The van der Waals surface area contributed by atoms with Crippen LogP contribution < -0.4 is 14.2 Å². The number of benzene rings is 2. The lowest BCUT2D eigenvalue weighted by Crippen LogP contribution is -2.32. The third-order valence-corrected chi connectivity index (χ3v) is 6.14. The lowest BCUT2D eigenvalue weighted by Gasteiger charge is -2.27. The maximum absolute atomic E-state index is 12.0.